The summed E-state index contributed by atoms with van der Waals surface area (Å²) in [5, 5.41) is 14.3. The Balaban J connectivity index is 1.98. The van der Waals surface area contributed by atoms with E-state index in [1.54, 1.807) is 13.8 Å². The molecule has 20 heavy (non-hydrogen) atoms. The maximum atomic E-state index is 10.5. The van der Waals surface area contributed by atoms with Gasteiger partial charge in [0.05, 0.1) is 10.5 Å². The minimum atomic E-state index is -0.685. The Kier molecular flexibility index (Phi) is 3.66. The molecule has 0 radical (unpaired) electrons. The molecule has 8 nitrogen and oxygen atoms in total. The van der Waals surface area contributed by atoms with Gasteiger partial charge in [0.1, 0.15) is 5.75 Å². The summed E-state index contributed by atoms with van der Waals surface area (Å²) in [4.78, 5) is 14.1. The van der Waals surface area contributed by atoms with Crippen molar-refractivity contribution in [1.82, 2.24) is 10.1 Å². The summed E-state index contributed by atoms with van der Waals surface area (Å²) in [5.74, 6) is 1.15. The number of aromatic nitrogens is 2. The number of benzene rings is 1. The van der Waals surface area contributed by atoms with Gasteiger partial charge in [0.15, 0.2) is 12.4 Å². The van der Waals surface area contributed by atoms with Gasteiger partial charge in [-0.05, 0) is 26.0 Å². The summed E-state index contributed by atoms with van der Waals surface area (Å²) in [5.41, 5.74) is 5.15. The van der Waals surface area contributed by atoms with Crippen molar-refractivity contribution in [2.24, 2.45) is 5.73 Å². The Morgan fingerprint density at radius 1 is 1.40 bits per heavy atom. The molecule has 0 atom stereocenters. The SMILES string of the molecule is CC(C)(N)c1noc(COc2ccc([N+](=O)[O-])cc2)n1. The van der Waals surface area contributed by atoms with Gasteiger partial charge in [-0.15, -0.1) is 0 Å². The van der Waals surface area contributed by atoms with Crippen LogP contribution >= 0.6 is 0 Å². The van der Waals surface area contributed by atoms with Crippen LogP contribution in [0.5, 0.6) is 5.75 Å². The van der Waals surface area contributed by atoms with Gasteiger partial charge in [-0.25, -0.2) is 0 Å². The molecule has 0 fully saturated rings. The topological polar surface area (TPSA) is 117 Å². The summed E-state index contributed by atoms with van der Waals surface area (Å²) >= 11 is 0. The molecule has 0 unspecified atom stereocenters. The summed E-state index contributed by atoms with van der Waals surface area (Å²) in [6.07, 6.45) is 0. The van der Waals surface area contributed by atoms with E-state index in [0.717, 1.165) is 0 Å². The fourth-order valence-electron chi connectivity index (χ4n) is 1.38. The second-order valence-electron chi connectivity index (χ2n) is 4.77. The first-order valence-corrected chi connectivity index (χ1v) is 5.85. The van der Waals surface area contributed by atoms with E-state index in [9.17, 15) is 10.1 Å². The number of hydrogen-bond acceptors (Lipinski definition) is 7. The second-order valence-corrected chi connectivity index (χ2v) is 4.77. The first kappa shape index (κ1) is 13.9. The van der Waals surface area contributed by atoms with E-state index in [2.05, 4.69) is 10.1 Å². The zero-order valence-corrected chi connectivity index (χ0v) is 11.1. The molecule has 1 aromatic heterocycles. The van der Waals surface area contributed by atoms with E-state index >= 15 is 0 Å². The lowest BCUT2D eigenvalue weighted by Gasteiger charge is -2.11. The van der Waals surface area contributed by atoms with Gasteiger partial charge >= 0.3 is 0 Å². The van der Waals surface area contributed by atoms with Crippen LogP contribution in [-0.2, 0) is 12.1 Å². The molecule has 0 aliphatic rings. The van der Waals surface area contributed by atoms with Crippen molar-refractivity contribution in [3.63, 3.8) is 0 Å². The fraction of sp³-hybridized carbons (Fsp3) is 0.333. The lowest BCUT2D eigenvalue weighted by Crippen LogP contribution is -2.30. The number of non-ortho nitro benzene ring substituents is 1. The van der Waals surface area contributed by atoms with Crippen molar-refractivity contribution >= 4 is 5.69 Å². The summed E-state index contributed by atoms with van der Waals surface area (Å²) < 4.78 is 10.4. The molecule has 0 saturated carbocycles. The number of hydrogen-bond donors (Lipinski definition) is 1. The fourth-order valence-corrected chi connectivity index (χ4v) is 1.38. The Morgan fingerprint density at radius 3 is 2.55 bits per heavy atom. The molecule has 0 aliphatic carbocycles. The Labute approximate surface area is 114 Å². The Morgan fingerprint density at radius 2 is 2.05 bits per heavy atom. The Hall–Kier alpha value is -2.48. The molecule has 0 amide bonds. The first-order chi connectivity index (χ1) is 9.36. The molecular formula is C12H14N4O4. The van der Waals surface area contributed by atoms with Gasteiger partial charge in [-0.1, -0.05) is 5.16 Å². The third-order valence-corrected chi connectivity index (χ3v) is 2.45. The van der Waals surface area contributed by atoms with Crippen LogP contribution in [0, 0.1) is 10.1 Å². The molecule has 106 valence electrons. The molecule has 1 aromatic carbocycles. The third kappa shape index (κ3) is 3.29. The largest absolute Gasteiger partial charge is 0.484 e. The van der Waals surface area contributed by atoms with Crippen molar-refractivity contribution in [2.75, 3.05) is 0 Å². The van der Waals surface area contributed by atoms with Crippen LogP contribution in [0.1, 0.15) is 25.6 Å². The zero-order valence-electron chi connectivity index (χ0n) is 11.1. The van der Waals surface area contributed by atoms with Crippen LogP contribution in [0.15, 0.2) is 28.8 Å². The van der Waals surface area contributed by atoms with Gasteiger partial charge in [-0.3, -0.25) is 10.1 Å². The average Bonchev–Trinajstić information content (AvgIpc) is 2.85. The van der Waals surface area contributed by atoms with Crippen LogP contribution < -0.4 is 10.5 Å². The van der Waals surface area contributed by atoms with Gasteiger partial charge < -0.3 is 15.0 Å². The molecule has 2 aromatic rings. The number of ether oxygens (including phenoxy) is 1. The maximum Gasteiger partial charge on any atom is 0.269 e. The lowest BCUT2D eigenvalue weighted by molar-refractivity contribution is -0.384. The van der Waals surface area contributed by atoms with E-state index in [1.807, 2.05) is 0 Å². The molecule has 0 spiro atoms. The standard InChI is InChI=1S/C12H14N4O4/c1-12(2,13)11-14-10(20-15-11)7-19-9-5-3-8(4-6-9)16(17)18/h3-6H,7,13H2,1-2H3. The van der Waals surface area contributed by atoms with Crippen molar-refractivity contribution < 1.29 is 14.2 Å². The first-order valence-electron chi connectivity index (χ1n) is 5.85. The lowest BCUT2D eigenvalue weighted by atomic mass is 10.1. The third-order valence-electron chi connectivity index (χ3n) is 2.45. The highest BCUT2D eigenvalue weighted by Crippen LogP contribution is 2.19. The van der Waals surface area contributed by atoms with Gasteiger partial charge in [-0.2, -0.15) is 4.98 Å². The quantitative estimate of drug-likeness (QED) is 0.653. The van der Waals surface area contributed by atoms with Crippen LogP contribution in [0.25, 0.3) is 0 Å². The summed E-state index contributed by atoms with van der Waals surface area (Å²) in [6.45, 7) is 3.60. The highest BCUT2D eigenvalue weighted by atomic mass is 16.6. The normalized spacial score (nSPS) is 11.3. The molecular weight excluding hydrogens is 264 g/mol. The summed E-state index contributed by atoms with van der Waals surface area (Å²) in [7, 11) is 0. The van der Waals surface area contributed by atoms with Crippen molar-refractivity contribution in [1.29, 1.82) is 0 Å². The van der Waals surface area contributed by atoms with E-state index < -0.39 is 10.5 Å². The van der Waals surface area contributed by atoms with Crippen LogP contribution in [0.3, 0.4) is 0 Å². The minimum absolute atomic E-state index is 0.00214. The summed E-state index contributed by atoms with van der Waals surface area (Å²) in [6, 6.07) is 5.72. The molecule has 2 N–H and O–H groups in total. The molecule has 2 rings (SSSR count). The zero-order chi connectivity index (χ0) is 14.8. The molecule has 0 saturated heterocycles. The van der Waals surface area contributed by atoms with Crippen LogP contribution in [-0.4, -0.2) is 15.1 Å². The number of nitrogens with two attached hydrogens (primary N) is 1. The number of nitro groups is 1. The second kappa shape index (κ2) is 5.25. The predicted molar refractivity (Wildman–Crippen MR) is 68.9 cm³/mol. The van der Waals surface area contributed by atoms with Gasteiger partial charge in [0.25, 0.3) is 11.6 Å². The van der Waals surface area contributed by atoms with Crippen LogP contribution in [0.4, 0.5) is 5.69 Å². The van der Waals surface area contributed by atoms with E-state index in [4.69, 9.17) is 15.0 Å². The van der Waals surface area contributed by atoms with Gasteiger partial charge in [0, 0.05) is 12.1 Å². The minimum Gasteiger partial charge on any atom is -0.484 e. The number of rotatable bonds is 5. The molecule has 0 bridgehead atoms. The van der Waals surface area contributed by atoms with Crippen molar-refractivity contribution in [2.45, 2.75) is 26.0 Å². The van der Waals surface area contributed by atoms with Crippen LogP contribution in [0.2, 0.25) is 0 Å². The maximum absolute atomic E-state index is 10.5. The van der Waals surface area contributed by atoms with Gasteiger partial charge in [0.2, 0.25) is 0 Å². The number of nitro benzene ring substituents is 1. The molecule has 0 aliphatic heterocycles. The monoisotopic (exact) mass is 278 g/mol. The highest BCUT2D eigenvalue weighted by molar-refractivity contribution is 5.35. The van der Waals surface area contributed by atoms with Crippen molar-refractivity contribution in [3.8, 4) is 5.75 Å². The predicted octanol–water partition coefficient (Wildman–Crippen LogP) is 1.75. The Bertz CT molecular complexity index is 601. The molecule has 1 heterocycles. The smallest absolute Gasteiger partial charge is 0.269 e. The molecule has 8 heteroatoms. The average molecular weight is 278 g/mol. The van der Waals surface area contributed by atoms with Crippen molar-refractivity contribution in [3.05, 3.63) is 46.1 Å². The van der Waals surface area contributed by atoms with E-state index in [-0.39, 0.29) is 18.2 Å². The van der Waals surface area contributed by atoms with E-state index in [1.165, 1.54) is 24.3 Å². The highest BCUT2D eigenvalue weighted by Gasteiger charge is 2.21. The number of nitrogens with zero attached hydrogens (tertiary/aromatic N) is 3. The van der Waals surface area contributed by atoms with E-state index in [0.29, 0.717) is 11.6 Å².